The number of nitrogens with zero attached hydrogens (tertiary/aromatic N) is 2. The van der Waals surface area contributed by atoms with E-state index in [4.69, 9.17) is 0 Å². The number of fused-ring (bicyclic) bond motifs is 1. The molecule has 1 N–H and O–H groups in total. The van der Waals surface area contributed by atoms with Crippen molar-refractivity contribution in [3.05, 3.63) is 40.5 Å². The number of benzene rings is 1. The Morgan fingerprint density at radius 2 is 2.00 bits per heavy atom. The van der Waals surface area contributed by atoms with Gasteiger partial charge in [0.15, 0.2) is 0 Å². The topological polar surface area (TPSA) is 64.1 Å². The molecule has 2 heterocycles. The molecule has 1 aromatic carbocycles. The number of aromatic nitrogens is 2. The molecule has 1 amide bonds. The average Bonchev–Trinajstić information content (AvgIpc) is 2.88. The molecule has 0 saturated carbocycles. The normalized spacial score (nSPS) is 11.2. The third-order valence-electron chi connectivity index (χ3n) is 3.82. The number of anilines is 1. The van der Waals surface area contributed by atoms with Crippen molar-refractivity contribution < 1.29 is 18.3 Å². The van der Waals surface area contributed by atoms with Gasteiger partial charge in [-0.15, -0.1) is 11.3 Å². The molecule has 0 saturated heterocycles. The number of halogens is 2. The van der Waals surface area contributed by atoms with Crippen LogP contribution in [0, 0.1) is 20.8 Å². The van der Waals surface area contributed by atoms with Gasteiger partial charge in [-0.1, -0.05) is 23.9 Å². The molecule has 5 nitrogen and oxygen atoms in total. The predicted molar refractivity (Wildman–Crippen MR) is 104 cm³/mol. The molecular formula is C18H17F2N3O2S2. The number of thiophene rings is 1. The van der Waals surface area contributed by atoms with Crippen LogP contribution in [0.3, 0.4) is 0 Å². The summed E-state index contributed by atoms with van der Waals surface area (Å²) < 4.78 is 29.4. The van der Waals surface area contributed by atoms with Gasteiger partial charge in [-0.2, -0.15) is 8.78 Å². The van der Waals surface area contributed by atoms with E-state index in [9.17, 15) is 13.6 Å². The second-order valence-corrected chi connectivity index (χ2v) is 7.92. The van der Waals surface area contributed by atoms with Gasteiger partial charge in [0, 0.05) is 10.3 Å². The Labute approximate surface area is 163 Å². The van der Waals surface area contributed by atoms with Crippen molar-refractivity contribution in [1.29, 1.82) is 0 Å². The number of nitrogens with one attached hydrogen (secondary N) is 1. The summed E-state index contributed by atoms with van der Waals surface area (Å²) in [5.74, 6) is 0.320. The molecule has 27 heavy (non-hydrogen) atoms. The summed E-state index contributed by atoms with van der Waals surface area (Å²) in [6.45, 7) is 2.89. The first kappa shape index (κ1) is 19.5. The molecule has 0 unspecified atom stereocenters. The molecule has 2 aromatic heterocycles. The molecular weight excluding hydrogens is 392 g/mol. The second-order valence-electron chi connectivity index (χ2n) is 5.75. The largest absolute Gasteiger partial charge is 0.433 e. The molecule has 0 aliphatic rings. The lowest BCUT2D eigenvalue weighted by atomic mass is 10.2. The highest BCUT2D eigenvalue weighted by atomic mass is 32.2. The molecule has 0 radical (unpaired) electrons. The fourth-order valence-corrected chi connectivity index (χ4v) is 4.58. The lowest BCUT2D eigenvalue weighted by Gasteiger charge is -2.11. The number of thioether (sulfide) groups is 1. The highest BCUT2D eigenvalue weighted by molar-refractivity contribution is 8.00. The van der Waals surface area contributed by atoms with Crippen LogP contribution in [0.4, 0.5) is 14.5 Å². The maximum Gasteiger partial charge on any atom is 0.387 e. The Morgan fingerprint density at radius 3 is 2.74 bits per heavy atom. The fraction of sp³-hybridized carbons (Fsp3) is 0.278. The standard InChI is InChI=1S/C18H17F2N3O2S2/c1-9-10(2)27-17-15(9)16(21-11(3)22-17)26-8-14(24)23-12-6-4-5-7-13(12)25-18(19)20/h4-7,18H,8H2,1-3H3,(H,23,24). The van der Waals surface area contributed by atoms with E-state index in [0.29, 0.717) is 5.82 Å². The number of hydrogen-bond donors (Lipinski definition) is 1. The van der Waals surface area contributed by atoms with Crippen molar-refractivity contribution in [3.8, 4) is 5.75 Å². The van der Waals surface area contributed by atoms with Gasteiger partial charge in [0.05, 0.1) is 11.4 Å². The van der Waals surface area contributed by atoms with E-state index in [0.717, 1.165) is 25.7 Å². The lowest BCUT2D eigenvalue weighted by molar-refractivity contribution is -0.113. The number of amides is 1. The van der Waals surface area contributed by atoms with E-state index < -0.39 is 6.61 Å². The summed E-state index contributed by atoms with van der Waals surface area (Å²) in [7, 11) is 0. The Hall–Kier alpha value is -2.26. The summed E-state index contributed by atoms with van der Waals surface area (Å²) in [5.41, 5.74) is 1.31. The third kappa shape index (κ3) is 4.54. The van der Waals surface area contributed by atoms with Gasteiger partial charge >= 0.3 is 6.61 Å². The number of alkyl halides is 2. The molecule has 3 aromatic rings. The van der Waals surface area contributed by atoms with Crippen LogP contribution in [0.5, 0.6) is 5.75 Å². The van der Waals surface area contributed by atoms with Gasteiger partial charge in [0.2, 0.25) is 5.91 Å². The molecule has 0 aliphatic heterocycles. The van der Waals surface area contributed by atoms with Crippen LogP contribution in [-0.2, 0) is 4.79 Å². The minimum atomic E-state index is -2.96. The number of carbonyl (C=O) groups is 1. The third-order valence-corrected chi connectivity index (χ3v) is 5.90. The van der Waals surface area contributed by atoms with Crippen LogP contribution in [0.25, 0.3) is 10.2 Å². The van der Waals surface area contributed by atoms with Gasteiger partial charge in [0.25, 0.3) is 0 Å². The van der Waals surface area contributed by atoms with Gasteiger partial charge in [-0.3, -0.25) is 4.79 Å². The van der Waals surface area contributed by atoms with Crippen molar-refractivity contribution in [2.24, 2.45) is 0 Å². The molecule has 9 heteroatoms. The zero-order chi connectivity index (χ0) is 19.6. The zero-order valence-corrected chi connectivity index (χ0v) is 16.5. The van der Waals surface area contributed by atoms with Crippen LogP contribution >= 0.6 is 23.1 Å². The minimum absolute atomic E-state index is 0.0737. The van der Waals surface area contributed by atoms with Crippen LogP contribution in [0.1, 0.15) is 16.3 Å². The Kier molecular flexibility index (Phi) is 5.91. The summed E-state index contributed by atoms with van der Waals surface area (Å²) in [6, 6.07) is 6.09. The van der Waals surface area contributed by atoms with Gasteiger partial charge in [-0.25, -0.2) is 9.97 Å². The van der Waals surface area contributed by atoms with Gasteiger partial charge < -0.3 is 10.1 Å². The minimum Gasteiger partial charge on any atom is -0.433 e. The number of rotatable bonds is 6. The van der Waals surface area contributed by atoms with Crippen molar-refractivity contribution in [2.75, 3.05) is 11.1 Å². The first-order chi connectivity index (χ1) is 12.8. The summed E-state index contributed by atoms with van der Waals surface area (Å²) in [4.78, 5) is 23.3. The Bertz CT molecular complexity index is 992. The summed E-state index contributed by atoms with van der Waals surface area (Å²) >= 11 is 2.89. The highest BCUT2D eigenvalue weighted by Gasteiger charge is 2.16. The summed E-state index contributed by atoms with van der Waals surface area (Å²) in [5, 5.41) is 4.31. The SMILES string of the molecule is Cc1nc(SCC(=O)Nc2ccccc2OC(F)F)c2c(C)c(C)sc2n1. The first-order valence-electron chi connectivity index (χ1n) is 8.06. The smallest absolute Gasteiger partial charge is 0.387 e. The molecule has 0 spiro atoms. The Balaban J connectivity index is 1.75. The van der Waals surface area contributed by atoms with E-state index in [1.165, 1.54) is 23.9 Å². The molecule has 3 rings (SSSR count). The second kappa shape index (κ2) is 8.18. The molecule has 142 valence electrons. The summed E-state index contributed by atoms with van der Waals surface area (Å²) in [6.07, 6.45) is 0. The molecule has 0 aliphatic carbocycles. The maximum absolute atomic E-state index is 12.5. The molecule has 0 bridgehead atoms. The van der Waals surface area contributed by atoms with Crippen LogP contribution in [0.15, 0.2) is 29.3 Å². The monoisotopic (exact) mass is 409 g/mol. The van der Waals surface area contributed by atoms with E-state index in [-0.39, 0.29) is 23.1 Å². The first-order valence-corrected chi connectivity index (χ1v) is 9.86. The van der Waals surface area contributed by atoms with Crippen molar-refractivity contribution in [1.82, 2.24) is 9.97 Å². The number of para-hydroxylation sites is 2. The zero-order valence-electron chi connectivity index (χ0n) is 14.9. The van der Waals surface area contributed by atoms with E-state index in [2.05, 4.69) is 20.0 Å². The van der Waals surface area contributed by atoms with Crippen LogP contribution in [-0.4, -0.2) is 28.2 Å². The Morgan fingerprint density at radius 1 is 1.26 bits per heavy atom. The predicted octanol–water partition coefficient (Wildman–Crippen LogP) is 4.95. The van der Waals surface area contributed by atoms with E-state index in [1.54, 1.807) is 23.5 Å². The molecule has 0 atom stereocenters. The lowest BCUT2D eigenvalue weighted by Crippen LogP contribution is -2.15. The number of aryl methyl sites for hydroxylation is 3. The van der Waals surface area contributed by atoms with Crippen molar-refractivity contribution >= 4 is 44.9 Å². The highest BCUT2D eigenvalue weighted by Crippen LogP contribution is 2.35. The number of ether oxygens (including phenoxy) is 1. The van der Waals surface area contributed by atoms with Crippen molar-refractivity contribution in [3.63, 3.8) is 0 Å². The average molecular weight is 409 g/mol. The van der Waals surface area contributed by atoms with E-state index in [1.807, 2.05) is 20.8 Å². The van der Waals surface area contributed by atoms with Gasteiger partial charge in [0.1, 0.15) is 21.4 Å². The number of hydrogen-bond acceptors (Lipinski definition) is 6. The van der Waals surface area contributed by atoms with Crippen LogP contribution in [0.2, 0.25) is 0 Å². The van der Waals surface area contributed by atoms with Crippen molar-refractivity contribution in [2.45, 2.75) is 32.4 Å². The maximum atomic E-state index is 12.5. The number of carbonyl (C=O) groups excluding carboxylic acids is 1. The quantitative estimate of drug-likeness (QED) is 0.461. The molecule has 0 fully saturated rings. The van der Waals surface area contributed by atoms with Crippen LogP contribution < -0.4 is 10.1 Å². The van der Waals surface area contributed by atoms with Gasteiger partial charge in [-0.05, 0) is 38.5 Å². The fourth-order valence-electron chi connectivity index (χ4n) is 2.51. The van der Waals surface area contributed by atoms with E-state index >= 15 is 0 Å².